The zero-order chi connectivity index (χ0) is 27.5. The van der Waals surface area contributed by atoms with Gasteiger partial charge in [0.15, 0.2) is 5.82 Å². The molecule has 200 valence electrons. The minimum Gasteiger partial charge on any atom is -0.477 e. The minimum absolute atomic E-state index is 0.00318. The third kappa shape index (κ3) is 5.53. The number of nitrogens with one attached hydrogen (secondary N) is 3. The number of aromatic nitrogens is 1. The summed E-state index contributed by atoms with van der Waals surface area (Å²) < 4.78 is 17.5. The summed E-state index contributed by atoms with van der Waals surface area (Å²) in [6.45, 7) is 2.31. The van der Waals surface area contributed by atoms with Gasteiger partial charge in [0.25, 0.3) is 0 Å². The molecule has 0 unspecified atom stereocenters. The molecule has 0 bridgehead atoms. The number of hydrogen-bond donors (Lipinski definition) is 4. The first-order chi connectivity index (χ1) is 18.9. The highest BCUT2D eigenvalue weighted by Crippen LogP contribution is 2.40. The fraction of sp³-hybridized carbons (Fsp3) is 0.233. The molecule has 8 nitrogen and oxygen atoms in total. The van der Waals surface area contributed by atoms with E-state index in [-0.39, 0.29) is 35.9 Å². The average Bonchev–Trinajstić information content (AvgIpc) is 3.73. The molecule has 1 aliphatic rings. The first-order valence-electron chi connectivity index (χ1n) is 12.9. The minimum atomic E-state index is -1.39. The predicted octanol–water partition coefficient (Wildman–Crippen LogP) is 4.56. The highest BCUT2D eigenvalue weighted by atomic mass is 19.1. The lowest BCUT2D eigenvalue weighted by Gasteiger charge is -2.18. The van der Waals surface area contributed by atoms with E-state index in [9.17, 15) is 19.5 Å². The zero-order valence-corrected chi connectivity index (χ0v) is 21.4. The Balaban J connectivity index is 1.44. The van der Waals surface area contributed by atoms with Crippen LogP contribution in [0, 0.1) is 5.82 Å². The quantitative estimate of drug-likeness (QED) is 0.240. The van der Waals surface area contributed by atoms with E-state index in [0.717, 1.165) is 12.0 Å². The molecule has 9 heteroatoms. The smallest absolute Gasteiger partial charge is 0.341 e. The summed E-state index contributed by atoms with van der Waals surface area (Å²) in [6.07, 6.45) is 2.17. The molecule has 4 N–H and O–H groups in total. The van der Waals surface area contributed by atoms with E-state index in [2.05, 4.69) is 28.1 Å². The lowest BCUT2D eigenvalue weighted by molar-refractivity contribution is -0.115. The number of carboxylic acids is 1. The summed E-state index contributed by atoms with van der Waals surface area (Å²) >= 11 is 0. The molecular formula is C30H29FN4O4. The van der Waals surface area contributed by atoms with Crippen LogP contribution in [0.5, 0.6) is 0 Å². The Bertz CT molecular complexity index is 1590. The summed E-state index contributed by atoms with van der Waals surface area (Å²) in [5, 5.41) is 18.4. The number of fused-ring (bicyclic) bond motifs is 1. The SMILES string of the molecule is CCn1cc(C(=O)O)c(=O)c2c(NCc3ccccc3)c(F)c(NC(=O)CN[C@@H]3C[C@H]3c3ccccc3)cc21. The molecule has 2 atom stereocenters. The van der Waals surface area contributed by atoms with Gasteiger partial charge in [-0.05, 0) is 30.5 Å². The monoisotopic (exact) mass is 528 g/mol. The standard InChI is InChI=1S/C30H29FN4O4/c1-2-35-17-21(30(38)39)29(37)26-24(35)14-23(27(31)28(26)33-15-18-9-5-3-6-10-18)34-25(36)16-32-22-13-20(22)19-11-7-4-8-12-19/h3-12,14,17,20,22,32-33H,2,13,15-16H2,1H3,(H,34,36)(H,38,39)/t20-,22+/m0/s1. The van der Waals surface area contributed by atoms with E-state index in [1.807, 2.05) is 48.5 Å². The molecule has 0 spiro atoms. The Morgan fingerprint density at radius 2 is 1.77 bits per heavy atom. The molecule has 5 rings (SSSR count). The fourth-order valence-electron chi connectivity index (χ4n) is 4.88. The number of benzene rings is 3. The summed E-state index contributed by atoms with van der Waals surface area (Å²) in [7, 11) is 0. The number of anilines is 2. The number of carboxylic acid groups (broad SMARTS) is 1. The van der Waals surface area contributed by atoms with E-state index < -0.39 is 28.7 Å². The van der Waals surface area contributed by atoms with Gasteiger partial charge in [-0.25, -0.2) is 9.18 Å². The second kappa shape index (κ2) is 11.1. The van der Waals surface area contributed by atoms with E-state index in [1.165, 1.54) is 17.8 Å². The lowest BCUT2D eigenvalue weighted by Crippen LogP contribution is -2.30. The third-order valence-corrected chi connectivity index (χ3v) is 7.01. The predicted molar refractivity (Wildman–Crippen MR) is 149 cm³/mol. The molecule has 0 aliphatic heterocycles. The third-order valence-electron chi connectivity index (χ3n) is 7.01. The van der Waals surface area contributed by atoms with Crippen molar-refractivity contribution in [3.05, 3.63) is 106 Å². The first kappa shape index (κ1) is 26.1. The van der Waals surface area contributed by atoms with Crippen molar-refractivity contribution in [1.29, 1.82) is 0 Å². The second-order valence-corrected chi connectivity index (χ2v) is 9.60. The van der Waals surface area contributed by atoms with Crippen molar-refractivity contribution in [3.8, 4) is 0 Å². The normalized spacial score (nSPS) is 16.2. The zero-order valence-electron chi connectivity index (χ0n) is 21.4. The number of aryl methyl sites for hydroxylation is 1. The van der Waals surface area contributed by atoms with Gasteiger partial charge in [-0.3, -0.25) is 9.59 Å². The Hall–Kier alpha value is -4.50. The van der Waals surface area contributed by atoms with Gasteiger partial charge in [-0.15, -0.1) is 0 Å². The number of aromatic carboxylic acids is 1. The maximum Gasteiger partial charge on any atom is 0.341 e. The number of pyridine rings is 1. The van der Waals surface area contributed by atoms with Crippen molar-refractivity contribution in [3.63, 3.8) is 0 Å². The number of amides is 1. The first-order valence-corrected chi connectivity index (χ1v) is 12.9. The molecule has 1 amide bonds. The summed E-state index contributed by atoms with van der Waals surface area (Å²) in [5.74, 6) is -2.31. The van der Waals surface area contributed by atoms with E-state index in [0.29, 0.717) is 18.0 Å². The topological polar surface area (TPSA) is 112 Å². The highest BCUT2D eigenvalue weighted by molar-refractivity contribution is 6.02. The van der Waals surface area contributed by atoms with Crippen LogP contribution in [0.15, 0.2) is 77.7 Å². The van der Waals surface area contributed by atoms with Gasteiger partial charge >= 0.3 is 5.97 Å². The largest absolute Gasteiger partial charge is 0.477 e. The Kier molecular flexibility index (Phi) is 7.42. The van der Waals surface area contributed by atoms with Crippen molar-refractivity contribution in [2.75, 3.05) is 17.2 Å². The van der Waals surface area contributed by atoms with Crippen molar-refractivity contribution in [2.45, 2.75) is 38.4 Å². The van der Waals surface area contributed by atoms with E-state index in [4.69, 9.17) is 0 Å². The van der Waals surface area contributed by atoms with Crippen LogP contribution in [0.4, 0.5) is 15.8 Å². The molecule has 1 aromatic heterocycles. The van der Waals surface area contributed by atoms with Crippen LogP contribution < -0.4 is 21.4 Å². The molecule has 39 heavy (non-hydrogen) atoms. The van der Waals surface area contributed by atoms with Gasteiger partial charge in [-0.1, -0.05) is 60.7 Å². The number of halogens is 1. The van der Waals surface area contributed by atoms with Gasteiger partial charge in [0, 0.05) is 31.2 Å². The number of carbonyl (C=O) groups excluding carboxylic acids is 1. The molecule has 1 aliphatic carbocycles. The van der Waals surface area contributed by atoms with Gasteiger partial charge in [0.05, 0.1) is 28.8 Å². The average molecular weight is 529 g/mol. The van der Waals surface area contributed by atoms with Crippen LogP contribution in [0.1, 0.15) is 40.7 Å². The van der Waals surface area contributed by atoms with Crippen molar-refractivity contribution in [1.82, 2.24) is 9.88 Å². The van der Waals surface area contributed by atoms with Gasteiger partial charge in [-0.2, -0.15) is 0 Å². The Labute approximate surface area is 224 Å². The van der Waals surface area contributed by atoms with Gasteiger partial charge in [0.1, 0.15) is 5.56 Å². The van der Waals surface area contributed by atoms with Crippen LogP contribution in [0.2, 0.25) is 0 Å². The number of carbonyl (C=O) groups is 2. The number of hydrogen-bond acceptors (Lipinski definition) is 5. The Morgan fingerprint density at radius 1 is 1.08 bits per heavy atom. The van der Waals surface area contributed by atoms with E-state index >= 15 is 4.39 Å². The molecule has 0 radical (unpaired) electrons. The van der Waals surface area contributed by atoms with Crippen LogP contribution in [-0.4, -0.2) is 34.1 Å². The molecule has 4 aromatic rings. The molecule has 3 aromatic carbocycles. The molecule has 0 saturated heterocycles. The second-order valence-electron chi connectivity index (χ2n) is 9.60. The fourth-order valence-corrected chi connectivity index (χ4v) is 4.88. The molecular weight excluding hydrogens is 499 g/mol. The molecule has 1 fully saturated rings. The molecule has 1 heterocycles. The van der Waals surface area contributed by atoms with Crippen LogP contribution >= 0.6 is 0 Å². The summed E-state index contributed by atoms with van der Waals surface area (Å²) in [5.41, 5.74) is 0.877. The lowest BCUT2D eigenvalue weighted by atomic mass is 10.1. The summed E-state index contributed by atoms with van der Waals surface area (Å²) in [6, 6.07) is 20.8. The van der Waals surface area contributed by atoms with Crippen molar-refractivity contribution >= 4 is 34.2 Å². The van der Waals surface area contributed by atoms with Gasteiger partial charge < -0.3 is 25.6 Å². The highest BCUT2D eigenvalue weighted by Gasteiger charge is 2.38. The summed E-state index contributed by atoms with van der Waals surface area (Å²) in [4.78, 5) is 37.8. The van der Waals surface area contributed by atoms with Gasteiger partial charge in [0.2, 0.25) is 11.3 Å². The van der Waals surface area contributed by atoms with E-state index in [1.54, 1.807) is 11.5 Å². The maximum atomic E-state index is 15.9. The van der Waals surface area contributed by atoms with Crippen LogP contribution in [-0.2, 0) is 17.9 Å². The Morgan fingerprint density at radius 3 is 2.44 bits per heavy atom. The van der Waals surface area contributed by atoms with Crippen molar-refractivity contribution < 1.29 is 19.1 Å². The van der Waals surface area contributed by atoms with Crippen LogP contribution in [0.3, 0.4) is 0 Å². The molecule has 1 saturated carbocycles. The number of rotatable bonds is 10. The van der Waals surface area contributed by atoms with Crippen LogP contribution in [0.25, 0.3) is 10.9 Å². The number of nitrogens with zero attached hydrogens (tertiary/aromatic N) is 1. The van der Waals surface area contributed by atoms with Crippen molar-refractivity contribution in [2.24, 2.45) is 0 Å². The maximum absolute atomic E-state index is 15.9.